The molecule has 4 aromatic carbocycles. The Balaban J connectivity index is 0.000000141. The number of benzene rings is 4. The minimum Gasteiger partial charge on any atom is -0.481 e. The van der Waals surface area contributed by atoms with Gasteiger partial charge in [0.1, 0.15) is 20.5 Å². The van der Waals surface area contributed by atoms with Crippen LogP contribution in [0.4, 0.5) is 46.3 Å². The van der Waals surface area contributed by atoms with Crippen molar-refractivity contribution in [2.75, 3.05) is 68.7 Å². The summed E-state index contributed by atoms with van der Waals surface area (Å²) in [6.07, 6.45) is 24.7. The number of nitrogens with zero attached hydrogens (tertiary/aromatic N) is 6. The SMILES string of the molecule is CC(C)n1cc(S(=O)(=O)NC(=O)Nc2c3c(cc4c2CCC4)CCC3)ccc1=O.CCN1CCC(S(=O)(=O)NC(=O)Nc2c(-c3ccnc(OC)c3)cc(F)c3c2CCC3)CC1.CN(C)CCn1cc(S(=O)(=O)NC(=O)Nc2c3c(cc4c2CCC4)CCC3)ccc1=O.C[C@@H](O)Cn1cc(S(=O)(=O)NC(=O)Nc2c3c(cc4c2CCC4)CCC3)ccc1=O. The summed E-state index contributed by atoms with van der Waals surface area (Å²) in [6, 6.07) is 15.1. The molecule has 8 aromatic rings. The topological polar surface area (TPSA) is 416 Å². The van der Waals surface area contributed by atoms with Gasteiger partial charge in [0.05, 0.1) is 30.7 Å². The van der Waals surface area contributed by atoms with Gasteiger partial charge in [0, 0.05) is 90.8 Å². The van der Waals surface area contributed by atoms with E-state index in [9.17, 15) is 76.7 Å². The molecule has 0 radical (unpaired) electrons. The van der Waals surface area contributed by atoms with Crippen LogP contribution >= 0.6 is 0 Å². The number of amides is 8. The second-order valence-corrected chi connectivity index (χ2v) is 39.9. The van der Waals surface area contributed by atoms with Gasteiger partial charge >= 0.3 is 24.1 Å². The molecule has 7 aliphatic carbocycles. The number of carbonyl (C=O) groups excluding carboxylic acids is 4. The van der Waals surface area contributed by atoms with Gasteiger partial charge in [0.2, 0.25) is 15.9 Å². The molecule has 658 valence electrons. The van der Waals surface area contributed by atoms with Gasteiger partial charge in [0.15, 0.2) is 0 Å². The minimum atomic E-state index is -4.19. The molecule has 16 rings (SSSR count). The number of likely N-dealkylation sites (tertiary alicyclic amines) is 1. The first kappa shape index (κ1) is 90.1. The lowest BCUT2D eigenvalue weighted by Crippen LogP contribution is -2.46. The summed E-state index contributed by atoms with van der Waals surface area (Å²) < 4.78 is 134. The fraction of sp³-hybridized carbons (Fsp3) is 0.448. The van der Waals surface area contributed by atoms with Crippen molar-refractivity contribution in [3.05, 3.63) is 212 Å². The number of halogens is 1. The van der Waals surface area contributed by atoms with Crippen LogP contribution in [0.15, 0.2) is 127 Å². The highest BCUT2D eigenvalue weighted by molar-refractivity contribution is 7.91. The van der Waals surface area contributed by atoms with Crippen LogP contribution in [0, 0.1) is 5.82 Å². The first-order valence-electron chi connectivity index (χ1n) is 41.9. The normalized spacial score (nSPS) is 15.9. The standard InChI is InChI=1S/C23H29FN4O4S.C22H28N4O4S.C21H25N3O5S.C21H25N3O4S/c1-3-28-11-8-16(9-12-28)33(30,31)27-23(29)26-22-18-6-4-5-17(18)20(24)14-19(22)15-7-10-25-21(13-15)32-2;1-25(2)11-12-26-14-17(9-10-20(26)27)31(29,30)24-22(28)23-21-18-7-3-5-15(18)13-16-6-4-8-19(16)21;1-13(25)11-24-12-16(8-9-19(24)26)30(28,29)23-21(27)22-20-17-6-2-4-14(17)10-15-5-3-7-18(15)20;1-13(2)24-12-16(9-10-19(24)25)29(27,28)23-21(26)22-20-17-7-3-5-14(17)11-15-6-4-8-18(15)20/h7,10,13-14,16H,3-6,8-9,11-12H2,1-2H3,(H2,26,27,29);9-10,13-14H,3-8,11-12H2,1-2H3,(H2,23,24,28);8-10,12-13,25H,2-7,11H2,1H3,(H2,22,23,27);9-13H,3-8H2,1-2H3,(H2,22,23,26)/t;;13-;/m..1./s1. The van der Waals surface area contributed by atoms with E-state index >= 15 is 0 Å². The second kappa shape index (κ2) is 38.2. The molecule has 1 saturated heterocycles. The van der Waals surface area contributed by atoms with Crippen molar-refractivity contribution in [2.45, 2.75) is 221 Å². The molecular formula is C87H107FN14O17S4. The number of aromatic nitrogens is 4. The third-order valence-corrected chi connectivity index (χ3v) is 29.6. The number of sulfonamides is 4. The van der Waals surface area contributed by atoms with Gasteiger partial charge in [-0.05, 0) is 316 Å². The lowest BCUT2D eigenvalue weighted by molar-refractivity contribution is 0.171. The molecule has 1 atom stereocenters. The number of aliphatic hydroxyl groups excluding tert-OH is 1. The Kier molecular flexibility index (Phi) is 28.0. The van der Waals surface area contributed by atoms with Gasteiger partial charge in [-0.1, -0.05) is 25.1 Å². The molecule has 0 bridgehead atoms. The number of nitrogens with one attached hydrogen (secondary N) is 8. The Morgan fingerprint density at radius 3 is 1.29 bits per heavy atom. The van der Waals surface area contributed by atoms with E-state index in [0.29, 0.717) is 85.7 Å². The highest BCUT2D eigenvalue weighted by atomic mass is 32.2. The zero-order chi connectivity index (χ0) is 88.0. The summed E-state index contributed by atoms with van der Waals surface area (Å²) in [4.78, 5) is 94.3. The number of ether oxygens (including phenoxy) is 1. The maximum absolute atomic E-state index is 14.8. The van der Waals surface area contributed by atoms with Gasteiger partial charge < -0.3 is 54.6 Å². The van der Waals surface area contributed by atoms with Crippen LogP contribution in [0.25, 0.3) is 11.1 Å². The summed E-state index contributed by atoms with van der Waals surface area (Å²) >= 11 is 0. The van der Waals surface area contributed by atoms with Crippen molar-refractivity contribution in [1.82, 2.24) is 47.4 Å². The molecule has 31 nitrogen and oxygen atoms in total. The van der Waals surface area contributed by atoms with E-state index in [2.05, 4.69) is 63.5 Å². The molecule has 8 amide bonds. The van der Waals surface area contributed by atoms with Crippen molar-refractivity contribution < 1.29 is 67.1 Å². The van der Waals surface area contributed by atoms with E-state index in [1.165, 1.54) is 105 Å². The number of fused-ring (bicyclic) bond motifs is 7. The predicted molar refractivity (Wildman–Crippen MR) is 467 cm³/mol. The number of likely N-dealkylation sites (N-methyl/N-ethyl adjacent to an activating group) is 1. The summed E-state index contributed by atoms with van der Waals surface area (Å²) in [6.45, 7) is 10.2. The van der Waals surface area contributed by atoms with E-state index < -0.39 is 81.1 Å². The van der Waals surface area contributed by atoms with Crippen molar-refractivity contribution in [1.29, 1.82) is 0 Å². The van der Waals surface area contributed by atoms with E-state index in [-0.39, 0.29) is 44.2 Å². The summed E-state index contributed by atoms with van der Waals surface area (Å²) in [5, 5.41) is 20.0. The molecule has 1 fully saturated rings. The number of urea groups is 4. The lowest BCUT2D eigenvalue weighted by atomic mass is 9.97. The van der Waals surface area contributed by atoms with Crippen LogP contribution in [0.2, 0.25) is 0 Å². The van der Waals surface area contributed by atoms with Crippen LogP contribution in [0.3, 0.4) is 0 Å². The Hall–Kier alpha value is -10.6. The van der Waals surface area contributed by atoms with E-state index in [4.69, 9.17) is 4.74 Å². The molecule has 0 saturated carbocycles. The number of carbonyl (C=O) groups is 4. The van der Waals surface area contributed by atoms with Gasteiger partial charge in [-0.25, -0.2) is 81.1 Å². The fourth-order valence-corrected chi connectivity index (χ4v) is 21.9. The van der Waals surface area contributed by atoms with Gasteiger partial charge in [-0.15, -0.1) is 0 Å². The monoisotopic (exact) mass is 1770 g/mol. The molecule has 9 N–H and O–H groups in total. The van der Waals surface area contributed by atoms with Crippen molar-refractivity contribution in [2.24, 2.45) is 0 Å². The van der Waals surface area contributed by atoms with Crippen molar-refractivity contribution >= 4 is 87.0 Å². The first-order chi connectivity index (χ1) is 58.6. The number of pyridine rings is 4. The molecule has 8 aliphatic rings. The molecule has 36 heteroatoms. The Bertz CT molecular complexity index is 6030. The molecule has 4 aromatic heterocycles. The average molecular weight is 1770 g/mol. The fourth-order valence-electron chi connectivity index (χ4n) is 17.8. The Morgan fingerprint density at radius 1 is 0.496 bits per heavy atom. The molecule has 0 spiro atoms. The molecule has 0 unspecified atom stereocenters. The van der Waals surface area contributed by atoms with Crippen LogP contribution in [-0.4, -0.2) is 150 Å². The summed E-state index contributed by atoms with van der Waals surface area (Å²) in [5.41, 5.74) is 18.3. The van der Waals surface area contributed by atoms with E-state index in [1.807, 2.05) is 30.6 Å². The molecular weight excluding hydrogens is 1660 g/mol. The maximum atomic E-state index is 14.8. The largest absolute Gasteiger partial charge is 0.481 e. The van der Waals surface area contributed by atoms with Crippen molar-refractivity contribution in [3.8, 4) is 17.0 Å². The zero-order valence-electron chi connectivity index (χ0n) is 70.1. The number of aliphatic hydroxyl groups is 1. The third-order valence-electron chi connectivity index (χ3n) is 23.9. The smallest absolute Gasteiger partial charge is 0.333 e. The van der Waals surface area contributed by atoms with Gasteiger partial charge in [-0.3, -0.25) is 14.4 Å². The van der Waals surface area contributed by atoms with Gasteiger partial charge in [0.25, 0.3) is 46.7 Å². The molecule has 1 aliphatic heterocycles. The zero-order valence-corrected chi connectivity index (χ0v) is 73.4. The minimum absolute atomic E-state index is 0.0450. The Labute approximate surface area is 715 Å². The van der Waals surface area contributed by atoms with Crippen LogP contribution in [0.5, 0.6) is 5.88 Å². The van der Waals surface area contributed by atoms with Crippen molar-refractivity contribution in [3.63, 3.8) is 0 Å². The number of piperidine rings is 1. The van der Waals surface area contributed by atoms with E-state index in [1.54, 1.807) is 26.0 Å². The predicted octanol–water partition coefficient (Wildman–Crippen LogP) is 9.85. The van der Waals surface area contributed by atoms with Crippen LogP contribution < -0.4 is 61.6 Å². The summed E-state index contributed by atoms with van der Waals surface area (Å²) in [7, 11) is -11.0. The Morgan fingerprint density at radius 2 is 0.878 bits per heavy atom. The van der Waals surface area contributed by atoms with Gasteiger partial charge in [-0.2, -0.15) is 0 Å². The third kappa shape index (κ3) is 21.1. The quantitative estimate of drug-likeness (QED) is 0.0323. The van der Waals surface area contributed by atoms with E-state index in [0.717, 1.165) is 202 Å². The number of anilines is 4. The second-order valence-electron chi connectivity index (χ2n) is 32.9. The molecule has 5 heterocycles. The van der Waals surface area contributed by atoms with Crippen LogP contribution in [0.1, 0.15) is 169 Å². The number of methoxy groups -OCH3 is 1. The number of hydrogen-bond donors (Lipinski definition) is 9. The average Bonchev–Trinajstić information content (AvgIpc) is 1.68. The molecule has 123 heavy (non-hydrogen) atoms. The number of aryl methyl sites for hydroxylation is 6. The number of hydrogen-bond acceptors (Lipinski definition) is 20. The summed E-state index contributed by atoms with van der Waals surface area (Å²) in [5.74, 6) is 0.0133. The maximum Gasteiger partial charge on any atom is 0.333 e. The highest BCUT2D eigenvalue weighted by Gasteiger charge is 2.35. The lowest BCUT2D eigenvalue weighted by Gasteiger charge is -2.30. The first-order valence-corrected chi connectivity index (χ1v) is 47.9. The highest BCUT2D eigenvalue weighted by Crippen LogP contribution is 2.44. The number of rotatable bonds is 21. The van der Waals surface area contributed by atoms with Crippen LogP contribution in [-0.2, 0) is 143 Å².